The maximum atomic E-state index is 13.3. The molecule has 32 heavy (non-hydrogen) atoms. The highest BCUT2D eigenvalue weighted by atomic mass is 28.4. The number of nitrogens with one attached hydrogen (secondary N) is 2. The Bertz CT molecular complexity index is 734. The fourth-order valence-electron chi connectivity index (χ4n) is 3.44. The van der Waals surface area contributed by atoms with Crippen molar-refractivity contribution >= 4 is 26.2 Å². The molecule has 0 saturated heterocycles. The Hall–Kier alpha value is -1.87. The molecular formula is C23H41N3O5Si. The smallest absolute Gasteiger partial charge is 0.332 e. The van der Waals surface area contributed by atoms with Gasteiger partial charge in [0.25, 0.3) is 0 Å². The number of urea groups is 1. The maximum Gasteiger partial charge on any atom is 0.332 e. The minimum Gasteiger partial charge on any atom is -0.464 e. The number of ether oxygens (including phenoxy) is 1. The Kier molecular flexibility index (Phi) is 8.55. The van der Waals surface area contributed by atoms with Gasteiger partial charge in [-0.25, -0.2) is 9.59 Å². The van der Waals surface area contributed by atoms with Crippen molar-refractivity contribution in [2.45, 2.75) is 83.1 Å². The van der Waals surface area contributed by atoms with Gasteiger partial charge < -0.3 is 24.7 Å². The van der Waals surface area contributed by atoms with E-state index < -0.39 is 31.8 Å². The number of amides is 3. The molecule has 2 rings (SSSR count). The lowest BCUT2D eigenvalue weighted by atomic mass is 10.1. The molecule has 9 heteroatoms. The first-order chi connectivity index (χ1) is 14.8. The third kappa shape index (κ3) is 6.34. The van der Waals surface area contributed by atoms with Gasteiger partial charge in [0.05, 0.1) is 13.2 Å². The Morgan fingerprint density at radius 1 is 1.28 bits per heavy atom. The van der Waals surface area contributed by atoms with Gasteiger partial charge in [0, 0.05) is 19.5 Å². The van der Waals surface area contributed by atoms with E-state index in [1.807, 2.05) is 6.08 Å². The molecule has 1 heterocycles. The molecule has 3 amide bonds. The van der Waals surface area contributed by atoms with Gasteiger partial charge in [-0.2, -0.15) is 0 Å². The second kappa shape index (κ2) is 10.4. The Morgan fingerprint density at radius 2 is 1.97 bits per heavy atom. The molecule has 182 valence electrons. The lowest BCUT2D eigenvalue weighted by Gasteiger charge is -2.37. The topological polar surface area (TPSA) is 97.0 Å². The van der Waals surface area contributed by atoms with Crippen molar-refractivity contribution in [2.75, 3.05) is 26.8 Å². The number of carbonyl (C=O) groups is 3. The van der Waals surface area contributed by atoms with E-state index in [0.29, 0.717) is 13.0 Å². The summed E-state index contributed by atoms with van der Waals surface area (Å²) in [7, 11) is -0.429. The highest BCUT2D eigenvalue weighted by Crippen LogP contribution is 2.46. The number of carbonyl (C=O) groups excluding carboxylic acids is 3. The number of fused-ring (bicyclic) bond motifs is 1. The van der Waals surface area contributed by atoms with Crippen molar-refractivity contribution in [2.24, 2.45) is 5.92 Å². The molecule has 0 unspecified atom stereocenters. The third-order valence-electron chi connectivity index (χ3n) is 6.86. The summed E-state index contributed by atoms with van der Waals surface area (Å²) in [5.41, 5.74) is -1.07. The summed E-state index contributed by atoms with van der Waals surface area (Å²) in [5.74, 6) is -0.956. The van der Waals surface area contributed by atoms with E-state index in [-0.39, 0.29) is 30.2 Å². The summed E-state index contributed by atoms with van der Waals surface area (Å²) >= 11 is 0. The van der Waals surface area contributed by atoms with Crippen LogP contribution in [-0.2, 0) is 18.8 Å². The average Bonchev–Trinajstić information content (AvgIpc) is 3.39. The minimum absolute atomic E-state index is 0.0373. The molecule has 1 aliphatic carbocycles. The SMILES string of the molecule is CCOC(=O)[C@@]12C[C@@H]1/C=C\CCCCN(C)C(=O)N[C@@H](CO[Si](C)(C)C(C)(C)C)C(=O)N2. The summed E-state index contributed by atoms with van der Waals surface area (Å²) in [4.78, 5) is 40.4. The lowest BCUT2D eigenvalue weighted by molar-refractivity contribution is -0.149. The van der Waals surface area contributed by atoms with Crippen LogP contribution in [0.4, 0.5) is 4.79 Å². The summed E-state index contributed by atoms with van der Waals surface area (Å²) < 4.78 is 11.5. The van der Waals surface area contributed by atoms with E-state index in [1.54, 1.807) is 18.9 Å². The van der Waals surface area contributed by atoms with Crippen LogP contribution in [0.5, 0.6) is 0 Å². The van der Waals surface area contributed by atoms with E-state index in [4.69, 9.17) is 9.16 Å². The van der Waals surface area contributed by atoms with Crippen molar-refractivity contribution in [3.63, 3.8) is 0 Å². The van der Waals surface area contributed by atoms with Gasteiger partial charge in [-0.3, -0.25) is 4.79 Å². The molecule has 0 bridgehead atoms. The number of hydrogen-bond acceptors (Lipinski definition) is 5. The van der Waals surface area contributed by atoms with E-state index in [9.17, 15) is 14.4 Å². The van der Waals surface area contributed by atoms with Crippen LogP contribution in [0, 0.1) is 5.92 Å². The van der Waals surface area contributed by atoms with Crippen LogP contribution in [0.15, 0.2) is 12.2 Å². The van der Waals surface area contributed by atoms with Gasteiger partial charge >= 0.3 is 12.0 Å². The molecule has 0 aromatic carbocycles. The predicted octanol–water partition coefficient (Wildman–Crippen LogP) is 3.20. The van der Waals surface area contributed by atoms with Crippen molar-refractivity contribution in [3.05, 3.63) is 12.2 Å². The van der Waals surface area contributed by atoms with Crippen LogP contribution < -0.4 is 10.6 Å². The van der Waals surface area contributed by atoms with E-state index in [0.717, 1.165) is 19.3 Å². The zero-order valence-electron chi connectivity index (χ0n) is 20.7. The average molecular weight is 468 g/mol. The number of nitrogens with zero attached hydrogens (tertiary/aromatic N) is 1. The molecule has 2 aliphatic rings. The van der Waals surface area contributed by atoms with Gasteiger partial charge in [-0.15, -0.1) is 0 Å². The summed E-state index contributed by atoms with van der Waals surface area (Å²) in [5, 5.41) is 5.69. The molecule has 0 aromatic rings. The monoisotopic (exact) mass is 467 g/mol. The van der Waals surface area contributed by atoms with E-state index in [2.05, 4.69) is 50.6 Å². The van der Waals surface area contributed by atoms with Gasteiger partial charge in [-0.1, -0.05) is 32.9 Å². The van der Waals surface area contributed by atoms with Gasteiger partial charge in [0.2, 0.25) is 5.91 Å². The van der Waals surface area contributed by atoms with Crippen LogP contribution in [0.1, 0.15) is 53.4 Å². The van der Waals surface area contributed by atoms with Crippen LogP contribution in [0.3, 0.4) is 0 Å². The highest BCUT2D eigenvalue weighted by molar-refractivity contribution is 6.74. The molecule has 8 nitrogen and oxygen atoms in total. The van der Waals surface area contributed by atoms with Crippen LogP contribution in [0.2, 0.25) is 18.1 Å². The van der Waals surface area contributed by atoms with Crippen LogP contribution >= 0.6 is 0 Å². The van der Waals surface area contributed by atoms with E-state index in [1.165, 1.54) is 0 Å². The first kappa shape index (κ1) is 26.4. The first-order valence-corrected chi connectivity index (χ1v) is 14.6. The van der Waals surface area contributed by atoms with Crippen molar-refractivity contribution in [3.8, 4) is 0 Å². The fourth-order valence-corrected chi connectivity index (χ4v) is 4.46. The zero-order valence-corrected chi connectivity index (χ0v) is 21.7. The van der Waals surface area contributed by atoms with Crippen LogP contribution in [0.25, 0.3) is 0 Å². The molecule has 1 saturated carbocycles. The Labute approximate surface area is 193 Å². The molecule has 1 aliphatic heterocycles. The second-order valence-electron chi connectivity index (χ2n) is 10.4. The molecule has 0 aromatic heterocycles. The molecule has 3 atom stereocenters. The zero-order chi connectivity index (χ0) is 24.2. The summed E-state index contributed by atoms with van der Waals surface area (Å²) in [6.45, 7) is 13.2. The van der Waals surface area contributed by atoms with Gasteiger partial charge in [-0.05, 0) is 50.7 Å². The number of rotatable bonds is 5. The quantitative estimate of drug-likeness (QED) is 0.368. The molecule has 1 fully saturated rings. The maximum absolute atomic E-state index is 13.3. The van der Waals surface area contributed by atoms with Crippen molar-refractivity contribution in [1.29, 1.82) is 0 Å². The van der Waals surface area contributed by atoms with Crippen LogP contribution in [-0.4, -0.2) is 69.5 Å². The van der Waals surface area contributed by atoms with Gasteiger partial charge in [0.15, 0.2) is 8.32 Å². The largest absolute Gasteiger partial charge is 0.464 e. The highest BCUT2D eigenvalue weighted by Gasteiger charge is 2.61. The third-order valence-corrected chi connectivity index (χ3v) is 11.4. The van der Waals surface area contributed by atoms with Gasteiger partial charge in [0.1, 0.15) is 11.6 Å². The standard InChI is InChI=1S/C23H41N3O5Si/c1-8-30-20(28)23-15-17(23)13-11-9-10-12-14-26(5)21(29)24-18(19(27)25-23)16-31-32(6,7)22(2,3)4/h11,13,17-18H,8-10,12,14-16H2,1-7H3,(H,24,29)(H,25,27)/b13-11-/t17-,18-,23+/m0/s1. The number of esters is 1. The molecular weight excluding hydrogens is 426 g/mol. The Morgan fingerprint density at radius 3 is 2.59 bits per heavy atom. The fraction of sp³-hybridized carbons (Fsp3) is 0.783. The first-order valence-electron chi connectivity index (χ1n) is 11.7. The van der Waals surface area contributed by atoms with Crippen molar-refractivity contribution < 1.29 is 23.5 Å². The predicted molar refractivity (Wildman–Crippen MR) is 127 cm³/mol. The second-order valence-corrected chi connectivity index (χ2v) is 15.2. The number of hydrogen-bond donors (Lipinski definition) is 2. The minimum atomic E-state index is -2.15. The van der Waals surface area contributed by atoms with E-state index >= 15 is 0 Å². The lowest BCUT2D eigenvalue weighted by Crippen LogP contribution is -2.58. The van der Waals surface area contributed by atoms with Crippen molar-refractivity contribution in [1.82, 2.24) is 15.5 Å². The molecule has 0 spiro atoms. The summed E-state index contributed by atoms with van der Waals surface area (Å²) in [6.07, 6.45) is 7.23. The normalized spacial score (nSPS) is 28.7. The Balaban J connectivity index is 2.27. The molecule has 0 radical (unpaired) electrons. The summed E-state index contributed by atoms with van der Waals surface area (Å²) in [6, 6.07) is -1.23. The number of allylic oxidation sites excluding steroid dienone is 1. The molecule has 2 N–H and O–H groups in total.